The van der Waals surface area contributed by atoms with E-state index in [4.69, 9.17) is 5.73 Å². The molecule has 0 aromatic carbocycles. The molecule has 5 heteroatoms. The molecule has 1 fully saturated rings. The lowest BCUT2D eigenvalue weighted by Gasteiger charge is -2.26. The van der Waals surface area contributed by atoms with E-state index < -0.39 is 4.92 Å². The molecule has 0 aliphatic heterocycles. The second-order valence-corrected chi connectivity index (χ2v) is 4.35. The van der Waals surface area contributed by atoms with E-state index in [-0.39, 0.29) is 11.1 Å². The number of nitrogens with two attached hydrogens (primary N) is 1. The van der Waals surface area contributed by atoms with E-state index in [0.717, 1.165) is 31.4 Å². The van der Waals surface area contributed by atoms with Crippen LogP contribution in [0.15, 0.2) is 18.3 Å². The number of aromatic nitrogens is 1. The maximum Gasteiger partial charge on any atom is 0.287 e. The van der Waals surface area contributed by atoms with Gasteiger partial charge in [0.25, 0.3) is 5.69 Å². The van der Waals surface area contributed by atoms with Crippen LogP contribution in [0.1, 0.15) is 31.4 Å². The molecule has 5 nitrogen and oxygen atoms in total. The average Bonchev–Trinajstić information content (AvgIpc) is 2.79. The predicted octanol–water partition coefficient (Wildman–Crippen LogP) is 1.76. The first-order valence-electron chi connectivity index (χ1n) is 5.49. The van der Waals surface area contributed by atoms with E-state index in [1.807, 2.05) is 0 Å². The monoisotopic (exact) mass is 221 g/mol. The van der Waals surface area contributed by atoms with Crippen molar-refractivity contribution >= 4 is 5.69 Å². The highest BCUT2D eigenvalue weighted by Crippen LogP contribution is 2.39. The molecule has 0 unspecified atom stereocenters. The van der Waals surface area contributed by atoms with Crippen LogP contribution in [0.4, 0.5) is 5.69 Å². The molecule has 0 saturated heterocycles. The molecule has 1 saturated carbocycles. The summed E-state index contributed by atoms with van der Waals surface area (Å²) in [5, 5.41) is 10.5. The first kappa shape index (κ1) is 11.0. The Balaban J connectivity index is 2.29. The van der Waals surface area contributed by atoms with Crippen molar-refractivity contribution in [2.45, 2.75) is 31.1 Å². The van der Waals surface area contributed by atoms with Gasteiger partial charge in [-0.3, -0.25) is 15.1 Å². The number of hydrogen-bond donors (Lipinski definition) is 1. The molecule has 1 heterocycles. The molecular formula is C11H15N3O2. The Labute approximate surface area is 93.8 Å². The molecule has 2 rings (SSSR count). The summed E-state index contributed by atoms with van der Waals surface area (Å²) in [6.07, 6.45) is 5.72. The molecule has 86 valence electrons. The Kier molecular flexibility index (Phi) is 2.87. The van der Waals surface area contributed by atoms with E-state index in [0.29, 0.717) is 6.54 Å². The summed E-state index contributed by atoms with van der Waals surface area (Å²) in [6, 6.07) is 3.26. The van der Waals surface area contributed by atoms with E-state index >= 15 is 0 Å². The van der Waals surface area contributed by atoms with Crippen LogP contribution >= 0.6 is 0 Å². The summed E-state index contributed by atoms with van der Waals surface area (Å²) < 4.78 is 0. The second kappa shape index (κ2) is 4.17. The quantitative estimate of drug-likeness (QED) is 0.622. The topological polar surface area (TPSA) is 82.0 Å². The maximum absolute atomic E-state index is 10.5. The second-order valence-electron chi connectivity index (χ2n) is 4.35. The third kappa shape index (κ3) is 1.78. The van der Waals surface area contributed by atoms with Gasteiger partial charge in [-0.05, 0) is 18.9 Å². The van der Waals surface area contributed by atoms with Gasteiger partial charge in [-0.1, -0.05) is 12.8 Å². The van der Waals surface area contributed by atoms with Gasteiger partial charge in [0.2, 0.25) is 0 Å². The minimum Gasteiger partial charge on any atom is -0.330 e. The largest absolute Gasteiger partial charge is 0.330 e. The molecular weight excluding hydrogens is 206 g/mol. The fraction of sp³-hybridized carbons (Fsp3) is 0.545. The van der Waals surface area contributed by atoms with E-state index in [1.165, 1.54) is 12.3 Å². The molecule has 0 bridgehead atoms. The molecule has 2 N–H and O–H groups in total. The molecule has 16 heavy (non-hydrogen) atoms. The molecule has 1 aliphatic rings. The first-order valence-corrected chi connectivity index (χ1v) is 5.49. The van der Waals surface area contributed by atoms with Crippen molar-refractivity contribution in [2.75, 3.05) is 6.54 Å². The maximum atomic E-state index is 10.5. The minimum atomic E-state index is -0.430. The summed E-state index contributed by atoms with van der Waals surface area (Å²) >= 11 is 0. The van der Waals surface area contributed by atoms with Crippen LogP contribution in [0, 0.1) is 10.1 Å². The van der Waals surface area contributed by atoms with Gasteiger partial charge in [-0.2, -0.15) is 0 Å². The summed E-state index contributed by atoms with van der Waals surface area (Å²) in [7, 11) is 0. The normalized spacial score (nSPS) is 18.6. The van der Waals surface area contributed by atoms with Crippen LogP contribution in [0.2, 0.25) is 0 Å². The van der Waals surface area contributed by atoms with Crippen LogP contribution in [0.5, 0.6) is 0 Å². The lowest BCUT2D eigenvalue weighted by molar-refractivity contribution is -0.385. The zero-order valence-corrected chi connectivity index (χ0v) is 9.06. The number of nitrogens with zero attached hydrogens (tertiary/aromatic N) is 2. The fourth-order valence-corrected chi connectivity index (χ4v) is 2.42. The summed E-state index contributed by atoms with van der Waals surface area (Å²) in [6.45, 7) is 0.567. The van der Waals surface area contributed by atoms with Gasteiger partial charge in [0.15, 0.2) is 0 Å². The van der Waals surface area contributed by atoms with Crippen LogP contribution in [0.3, 0.4) is 0 Å². The lowest BCUT2D eigenvalue weighted by atomic mass is 9.82. The number of pyridine rings is 1. The van der Waals surface area contributed by atoms with Crippen LogP contribution in [-0.2, 0) is 5.41 Å². The fourth-order valence-electron chi connectivity index (χ4n) is 2.42. The molecule has 0 spiro atoms. The average molecular weight is 221 g/mol. The van der Waals surface area contributed by atoms with Crippen molar-refractivity contribution in [3.05, 3.63) is 34.1 Å². The Bertz CT molecular complexity index is 383. The molecule has 0 atom stereocenters. The minimum absolute atomic E-state index is 0.0360. The highest BCUT2D eigenvalue weighted by Gasteiger charge is 2.35. The summed E-state index contributed by atoms with van der Waals surface area (Å²) in [4.78, 5) is 14.3. The first-order chi connectivity index (χ1) is 7.68. The van der Waals surface area contributed by atoms with Crippen molar-refractivity contribution in [1.82, 2.24) is 4.98 Å². The number of rotatable bonds is 3. The Morgan fingerprint density at radius 2 is 2.12 bits per heavy atom. The molecule has 0 radical (unpaired) electrons. The number of hydrogen-bond acceptors (Lipinski definition) is 4. The standard InChI is InChI=1S/C11H15N3O2/c12-8-11(5-1-2-6-11)10-4-3-9(7-13-10)14(15)16/h3-4,7H,1-2,5-6,8,12H2. The van der Waals surface area contributed by atoms with E-state index in [9.17, 15) is 10.1 Å². The van der Waals surface area contributed by atoms with Gasteiger partial charge in [0.1, 0.15) is 6.20 Å². The van der Waals surface area contributed by atoms with Gasteiger partial charge in [0.05, 0.1) is 4.92 Å². The highest BCUT2D eigenvalue weighted by molar-refractivity contribution is 5.30. The third-order valence-corrected chi connectivity index (χ3v) is 3.45. The zero-order valence-electron chi connectivity index (χ0n) is 9.06. The molecule has 1 aromatic heterocycles. The van der Waals surface area contributed by atoms with Crippen molar-refractivity contribution < 1.29 is 4.92 Å². The highest BCUT2D eigenvalue weighted by atomic mass is 16.6. The van der Waals surface area contributed by atoms with Gasteiger partial charge < -0.3 is 5.73 Å². The van der Waals surface area contributed by atoms with Crippen molar-refractivity contribution in [1.29, 1.82) is 0 Å². The third-order valence-electron chi connectivity index (χ3n) is 3.45. The van der Waals surface area contributed by atoms with Crippen molar-refractivity contribution in [2.24, 2.45) is 5.73 Å². The van der Waals surface area contributed by atoms with E-state index in [1.54, 1.807) is 6.07 Å². The Morgan fingerprint density at radius 3 is 2.56 bits per heavy atom. The van der Waals surface area contributed by atoms with Crippen LogP contribution in [-0.4, -0.2) is 16.5 Å². The van der Waals surface area contributed by atoms with Crippen LogP contribution < -0.4 is 5.73 Å². The molecule has 0 amide bonds. The van der Waals surface area contributed by atoms with Gasteiger partial charge in [-0.25, -0.2) is 0 Å². The SMILES string of the molecule is NCC1(c2ccc([N+](=O)[O-])cn2)CCCC1. The van der Waals surface area contributed by atoms with Gasteiger partial charge in [-0.15, -0.1) is 0 Å². The van der Waals surface area contributed by atoms with Crippen molar-refractivity contribution in [3.63, 3.8) is 0 Å². The van der Waals surface area contributed by atoms with Crippen LogP contribution in [0.25, 0.3) is 0 Å². The predicted molar refractivity (Wildman–Crippen MR) is 60.1 cm³/mol. The van der Waals surface area contributed by atoms with Gasteiger partial charge >= 0.3 is 0 Å². The summed E-state index contributed by atoms with van der Waals surface area (Å²) in [5.74, 6) is 0. The zero-order chi connectivity index (χ0) is 11.6. The van der Waals surface area contributed by atoms with Gasteiger partial charge in [0, 0.05) is 23.7 Å². The Hall–Kier alpha value is -1.49. The number of nitro groups is 1. The van der Waals surface area contributed by atoms with Crippen molar-refractivity contribution in [3.8, 4) is 0 Å². The molecule has 1 aromatic rings. The van der Waals surface area contributed by atoms with E-state index in [2.05, 4.69) is 4.98 Å². The lowest BCUT2D eigenvalue weighted by Crippen LogP contribution is -2.32. The molecule has 1 aliphatic carbocycles. The summed E-state index contributed by atoms with van der Waals surface area (Å²) in [5.41, 5.74) is 6.72. The Morgan fingerprint density at radius 1 is 1.44 bits per heavy atom. The smallest absolute Gasteiger partial charge is 0.287 e.